The molecule has 110 valence electrons. The van der Waals surface area contributed by atoms with Gasteiger partial charge in [-0.1, -0.05) is 64.6 Å². The van der Waals surface area contributed by atoms with Crippen molar-refractivity contribution in [3.63, 3.8) is 0 Å². The van der Waals surface area contributed by atoms with Crippen molar-refractivity contribution in [2.24, 2.45) is 0 Å². The molecule has 0 saturated carbocycles. The van der Waals surface area contributed by atoms with E-state index in [0.717, 1.165) is 5.57 Å². The number of hydrogen-bond acceptors (Lipinski definition) is 2. The summed E-state index contributed by atoms with van der Waals surface area (Å²) in [7, 11) is -6.11. The molecule has 1 N–H and O–H groups in total. The zero-order valence-corrected chi connectivity index (χ0v) is 14.8. The van der Waals surface area contributed by atoms with Crippen LogP contribution < -0.4 is 0 Å². The summed E-state index contributed by atoms with van der Waals surface area (Å²) in [6, 6.07) is 0. The second kappa shape index (κ2) is 4.57. The molecule has 2 unspecified atom stereocenters. The molecule has 0 aromatic rings. The van der Waals surface area contributed by atoms with E-state index >= 15 is 0 Å². The Hall–Kier alpha value is -0.393. The largest absolute Gasteiger partial charge is 0.285 e. The van der Waals surface area contributed by atoms with Gasteiger partial charge in [0.25, 0.3) is 10.1 Å². The molecular formula is C14H26O3SSi. The van der Waals surface area contributed by atoms with E-state index in [1.165, 1.54) is 0 Å². The Morgan fingerprint density at radius 1 is 1.32 bits per heavy atom. The molecule has 1 aliphatic rings. The SMILES string of the molecule is CC1=CC(C)([Si](C)(C)C(C)(C)C)C(S(=O)(=O)O)C=C1. The van der Waals surface area contributed by atoms with Gasteiger partial charge in [-0.2, -0.15) is 8.42 Å². The first-order valence-corrected chi connectivity index (χ1v) is 11.1. The van der Waals surface area contributed by atoms with E-state index < -0.39 is 28.5 Å². The summed E-state index contributed by atoms with van der Waals surface area (Å²) in [6.07, 6.45) is 5.47. The van der Waals surface area contributed by atoms with E-state index in [2.05, 4.69) is 33.9 Å². The Labute approximate surface area is 118 Å². The van der Waals surface area contributed by atoms with Crippen LogP contribution in [0.3, 0.4) is 0 Å². The van der Waals surface area contributed by atoms with Gasteiger partial charge in [-0.05, 0) is 12.0 Å². The molecule has 0 aromatic heterocycles. The van der Waals surface area contributed by atoms with Crippen molar-refractivity contribution in [2.75, 3.05) is 0 Å². The number of hydrogen-bond donors (Lipinski definition) is 1. The van der Waals surface area contributed by atoms with Crippen LogP contribution in [0.15, 0.2) is 23.8 Å². The number of allylic oxidation sites excluding steroid dienone is 3. The minimum absolute atomic E-state index is 0.0344. The second-order valence-corrected chi connectivity index (χ2v) is 14.7. The second-order valence-electron chi connectivity index (χ2n) is 7.34. The molecule has 0 bridgehead atoms. The third-order valence-corrected chi connectivity index (χ3v) is 13.6. The lowest BCUT2D eigenvalue weighted by Gasteiger charge is -2.52. The van der Waals surface area contributed by atoms with Gasteiger partial charge < -0.3 is 0 Å². The minimum Gasteiger partial charge on any atom is -0.285 e. The zero-order valence-electron chi connectivity index (χ0n) is 13.0. The standard InChI is InChI=1S/C14H26O3SSi/c1-11-8-9-12(18(15,16)17)14(5,10-11)19(6,7)13(2,3)4/h8-10,12H,1-7H3,(H,15,16,17). The Kier molecular flexibility index (Phi) is 4.00. The van der Waals surface area contributed by atoms with Gasteiger partial charge in [0.1, 0.15) is 5.25 Å². The molecule has 3 nitrogen and oxygen atoms in total. The number of rotatable bonds is 2. The smallest absolute Gasteiger partial charge is 0.271 e. The zero-order chi connectivity index (χ0) is 15.3. The van der Waals surface area contributed by atoms with E-state index in [1.54, 1.807) is 12.2 Å². The van der Waals surface area contributed by atoms with Gasteiger partial charge in [-0.25, -0.2) is 0 Å². The summed E-state index contributed by atoms with van der Waals surface area (Å²) in [5, 5.41) is -1.32. The molecule has 0 radical (unpaired) electrons. The van der Waals surface area contributed by atoms with Crippen LogP contribution in [0.5, 0.6) is 0 Å². The summed E-state index contributed by atoms with van der Waals surface area (Å²) >= 11 is 0. The monoisotopic (exact) mass is 302 g/mol. The van der Waals surface area contributed by atoms with Gasteiger partial charge in [0.05, 0.1) is 8.07 Å². The van der Waals surface area contributed by atoms with Crippen LogP contribution in [0.2, 0.25) is 23.2 Å². The molecule has 5 heteroatoms. The summed E-state index contributed by atoms with van der Waals surface area (Å²) in [5.74, 6) is 0. The van der Waals surface area contributed by atoms with Crippen molar-refractivity contribution in [3.05, 3.63) is 23.8 Å². The highest BCUT2D eigenvalue weighted by molar-refractivity contribution is 7.86. The average molecular weight is 303 g/mol. The molecule has 0 fully saturated rings. The van der Waals surface area contributed by atoms with E-state index in [4.69, 9.17) is 0 Å². The Morgan fingerprint density at radius 2 is 1.79 bits per heavy atom. The summed E-state index contributed by atoms with van der Waals surface area (Å²) < 4.78 is 33.2. The highest BCUT2D eigenvalue weighted by atomic mass is 32.2. The molecule has 1 rings (SSSR count). The summed E-state index contributed by atoms with van der Waals surface area (Å²) in [6.45, 7) is 14.8. The molecule has 0 heterocycles. The first-order valence-electron chi connectivity index (χ1n) is 6.57. The molecular weight excluding hydrogens is 276 g/mol. The van der Waals surface area contributed by atoms with Crippen LogP contribution in [-0.2, 0) is 10.1 Å². The molecule has 1 aliphatic carbocycles. The lowest BCUT2D eigenvalue weighted by molar-refractivity contribution is 0.461. The van der Waals surface area contributed by atoms with Crippen LogP contribution in [0.4, 0.5) is 0 Å². The van der Waals surface area contributed by atoms with Crippen LogP contribution in [0, 0.1) is 0 Å². The molecule has 0 aromatic carbocycles. The van der Waals surface area contributed by atoms with Gasteiger partial charge >= 0.3 is 0 Å². The molecule has 0 saturated heterocycles. The fourth-order valence-electron chi connectivity index (χ4n) is 2.80. The lowest BCUT2D eigenvalue weighted by Crippen LogP contribution is -2.54. The Bertz CT molecular complexity index is 523. The maximum absolute atomic E-state index is 11.8. The van der Waals surface area contributed by atoms with Crippen molar-refractivity contribution < 1.29 is 13.0 Å². The van der Waals surface area contributed by atoms with E-state index in [-0.39, 0.29) is 5.04 Å². The Morgan fingerprint density at radius 3 is 2.16 bits per heavy atom. The third-order valence-electron chi connectivity index (χ3n) is 5.20. The van der Waals surface area contributed by atoms with Crippen molar-refractivity contribution in [2.45, 2.75) is 63.0 Å². The van der Waals surface area contributed by atoms with E-state index in [9.17, 15) is 13.0 Å². The average Bonchev–Trinajstić information content (AvgIpc) is 2.12. The first-order chi connectivity index (χ1) is 8.23. The minimum atomic E-state index is -4.10. The van der Waals surface area contributed by atoms with Crippen LogP contribution >= 0.6 is 0 Å². The maximum Gasteiger partial charge on any atom is 0.271 e. The Balaban J connectivity index is 3.53. The highest BCUT2D eigenvalue weighted by Crippen LogP contribution is 2.57. The lowest BCUT2D eigenvalue weighted by atomic mass is 9.97. The molecule has 2 atom stereocenters. The predicted octanol–water partition coefficient (Wildman–Crippen LogP) is 4.03. The van der Waals surface area contributed by atoms with Crippen LogP contribution in [0.1, 0.15) is 34.6 Å². The summed E-state index contributed by atoms with van der Waals surface area (Å²) in [4.78, 5) is 0. The van der Waals surface area contributed by atoms with Gasteiger partial charge in [0.15, 0.2) is 0 Å². The van der Waals surface area contributed by atoms with Gasteiger partial charge in [0, 0.05) is 5.04 Å². The fourth-order valence-corrected chi connectivity index (χ4v) is 8.10. The van der Waals surface area contributed by atoms with Gasteiger partial charge in [-0.15, -0.1) is 0 Å². The van der Waals surface area contributed by atoms with Crippen molar-refractivity contribution >= 4 is 18.2 Å². The van der Waals surface area contributed by atoms with Crippen LogP contribution in [-0.4, -0.2) is 26.3 Å². The normalized spacial score (nSPS) is 29.3. The topological polar surface area (TPSA) is 54.4 Å². The van der Waals surface area contributed by atoms with Crippen LogP contribution in [0.25, 0.3) is 0 Å². The molecule has 0 aliphatic heterocycles. The van der Waals surface area contributed by atoms with Crippen molar-refractivity contribution in [1.29, 1.82) is 0 Å². The molecule has 19 heavy (non-hydrogen) atoms. The highest BCUT2D eigenvalue weighted by Gasteiger charge is 2.56. The first kappa shape index (κ1) is 16.7. The third kappa shape index (κ3) is 2.73. The quantitative estimate of drug-likeness (QED) is 0.619. The predicted molar refractivity (Wildman–Crippen MR) is 83.8 cm³/mol. The van der Waals surface area contributed by atoms with Crippen molar-refractivity contribution in [3.8, 4) is 0 Å². The fraction of sp³-hybridized carbons (Fsp3) is 0.714. The molecule has 0 amide bonds. The van der Waals surface area contributed by atoms with Gasteiger partial charge in [-0.3, -0.25) is 4.55 Å². The summed E-state index contributed by atoms with van der Waals surface area (Å²) in [5.41, 5.74) is 1.06. The van der Waals surface area contributed by atoms with E-state index in [1.807, 2.05) is 19.9 Å². The van der Waals surface area contributed by atoms with Gasteiger partial charge in [0.2, 0.25) is 0 Å². The van der Waals surface area contributed by atoms with E-state index in [0.29, 0.717) is 0 Å². The molecule has 0 spiro atoms. The maximum atomic E-state index is 11.8. The van der Waals surface area contributed by atoms with Crippen molar-refractivity contribution in [1.82, 2.24) is 0 Å².